The molecule has 2 aromatic rings. The number of hydrogen-bond acceptors (Lipinski definition) is 4. The standard InChI is InChI=1S/C17H17NO4/c1-21-17(20)11-16(19)18-14-8-5-9-15(10-14)22-12-13-6-3-2-4-7-13/h2-10H,11-12H2,1H3,(H,18,19). The van der Waals surface area contributed by atoms with Crippen molar-refractivity contribution in [2.75, 3.05) is 12.4 Å². The zero-order valence-corrected chi connectivity index (χ0v) is 12.2. The summed E-state index contributed by atoms with van der Waals surface area (Å²) in [6, 6.07) is 16.8. The van der Waals surface area contributed by atoms with Crippen LogP contribution < -0.4 is 10.1 Å². The van der Waals surface area contributed by atoms with Crippen LogP contribution in [0.1, 0.15) is 12.0 Å². The fraction of sp³-hybridized carbons (Fsp3) is 0.176. The van der Waals surface area contributed by atoms with E-state index in [0.717, 1.165) is 5.56 Å². The van der Waals surface area contributed by atoms with Gasteiger partial charge in [0.05, 0.1) is 7.11 Å². The van der Waals surface area contributed by atoms with Gasteiger partial charge in [0.1, 0.15) is 18.8 Å². The van der Waals surface area contributed by atoms with Gasteiger partial charge in [0.15, 0.2) is 0 Å². The van der Waals surface area contributed by atoms with Gasteiger partial charge in [-0.3, -0.25) is 9.59 Å². The van der Waals surface area contributed by atoms with Gasteiger partial charge in [-0.2, -0.15) is 0 Å². The minimum absolute atomic E-state index is 0.314. The third-order valence-corrected chi connectivity index (χ3v) is 2.90. The van der Waals surface area contributed by atoms with Crippen molar-refractivity contribution in [1.29, 1.82) is 0 Å². The van der Waals surface area contributed by atoms with E-state index in [9.17, 15) is 9.59 Å². The van der Waals surface area contributed by atoms with E-state index in [1.165, 1.54) is 7.11 Å². The monoisotopic (exact) mass is 299 g/mol. The molecule has 0 heterocycles. The van der Waals surface area contributed by atoms with Crippen LogP contribution >= 0.6 is 0 Å². The lowest BCUT2D eigenvalue weighted by atomic mass is 10.2. The van der Waals surface area contributed by atoms with E-state index in [4.69, 9.17) is 4.74 Å². The average molecular weight is 299 g/mol. The Labute approximate surface area is 128 Å². The quantitative estimate of drug-likeness (QED) is 0.658. The zero-order valence-electron chi connectivity index (χ0n) is 12.2. The molecule has 0 aliphatic heterocycles. The summed E-state index contributed by atoms with van der Waals surface area (Å²) in [6.45, 7) is 0.445. The summed E-state index contributed by atoms with van der Waals surface area (Å²) in [5, 5.41) is 2.63. The summed E-state index contributed by atoms with van der Waals surface area (Å²) in [6.07, 6.45) is -0.314. The molecule has 5 nitrogen and oxygen atoms in total. The molecule has 0 aromatic heterocycles. The lowest BCUT2D eigenvalue weighted by molar-refractivity contribution is -0.142. The first-order chi connectivity index (χ1) is 10.7. The van der Waals surface area contributed by atoms with Crippen molar-refractivity contribution < 1.29 is 19.1 Å². The molecule has 0 atom stereocenters. The van der Waals surface area contributed by atoms with E-state index in [1.54, 1.807) is 24.3 Å². The Morgan fingerprint density at radius 3 is 2.55 bits per heavy atom. The maximum absolute atomic E-state index is 11.6. The number of esters is 1. The molecular formula is C17H17NO4. The third kappa shape index (κ3) is 4.94. The van der Waals surface area contributed by atoms with Crippen molar-refractivity contribution in [3.05, 3.63) is 60.2 Å². The van der Waals surface area contributed by atoms with Crippen LogP contribution in [0.25, 0.3) is 0 Å². The van der Waals surface area contributed by atoms with E-state index in [1.807, 2.05) is 30.3 Å². The Balaban J connectivity index is 1.92. The third-order valence-electron chi connectivity index (χ3n) is 2.90. The SMILES string of the molecule is COC(=O)CC(=O)Nc1cccc(OCc2ccccc2)c1. The van der Waals surface area contributed by atoms with E-state index >= 15 is 0 Å². The van der Waals surface area contributed by atoms with Crippen LogP contribution in [-0.4, -0.2) is 19.0 Å². The molecule has 2 rings (SSSR count). The lowest BCUT2D eigenvalue weighted by Crippen LogP contribution is -2.17. The van der Waals surface area contributed by atoms with Crippen molar-refractivity contribution in [2.45, 2.75) is 13.0 Å². The fourth-order valence-electron chi connectivity index (χ4n) is 1.81. The lowest BCUT2D eigenvalue weighted by Gasteiger charge is -2.09. The molecule has 0 saturated carbocycles. The summed E-state index contributed by atoms with van der Waals surface area (Å²) in [4.78, 5) is 22.7. The van der Waals surface area contributed by atoms with Crippen LogP contribution in [0.3, 0.4) is 0 Å². The number of carbonyl (C=O) groups is 2. The van der Waals surface area contributed by atoms with Crippen LogP contribution in [0.2, 0.25) is 0 Å². The number of nitrogens with one attached hydrogen (secondary N) is 1. The first kappa shape index (κ1) is 15.6. The number of amides is 1. The fourth-order valence-corrected chi connectivity index (χ4v) is 1.81. The smallest absolute Gasteiger partial charge is 0.315 e. The molecular weight excluding hydrogens is 282 g/mol. The van der Waals surface area contributed by atoms with Crippen LogP contribution in [-0.2, 0) is 20.9 Å². The van der Waals surface area contributed by atoms with Crippen molar-refractivity contribution in [2.24, 2.45) is 0 Å². The van der Waals surface area contributed by atoms with E-state index < -0.39 is 11.9 Å². The van der Waals surface area contributed by atoms with Crippen LogP contribution in [0.15, 0.2) is 54.6 Å². The molecule has 1 amide bonds. The van der Waals surface area contributed by atoms with Crippen LogP contribution in [0.4, 0.5) is 5.69 Å². The van der Waals surface area contributed by atoms with Gasteiger partial charge in [0, 0.05) is 11.8 Å². The van der Waals surface area contributed by atoms with Gasteiger partial charge in [-0.05, 0) is 17.7 Å². The number of ether oxygens (including phenoxy) is 2. The molecule has 0 saturated heterocycles. The Kier molecular flexibility index (Phi) is 5.54. The predicted octanol–water partition coefficient (Wildman–Crippen LogP) is 2.77. The first-order valence-corrected chi connectivity index (χ1v) is 6.81. The van der Waals surface area contributed by atoms with Crippen LogP contribution in [0.5, 0.6) is 5.75 Å². The summed E-state index contributed by atoms with van der Waals surface area (Å²) in [7, 11) is 1.24. The van der Waals surface area contributed by atoms with Crippen molar-refractivity contribution >= 4 is 17.6 Å². The number of methoxy groups -OCH3 is 1. The van der Waals surface area contributed by atoms with E-state index in [0.29, 0.717) is 18.0 Å². The van der Waals surface area contributed by atoms with Gasteiger partial charge in [0.25, 0.3) is 0 Å². The van der Waals surface area contributed by atoms with E-state index in [-0.39, 0.29) is 6.42 Å². The highest BCUT2D eigenvalue weighted by Gasteiger charge is 2.09. The number of hydrogen-bond donors (Lipinski definition) is 1. The Morgan fingerprint density at radius 2 is 1.82 bits per heavy atom. The van der Waals surface area contributed by atoms with E-state index in [2.05, 4.69) is 10.1 Å². The Bertz CT molecular complexity index is 640. The van der Waals surface area contributed by atoms with Crippen molar-refractivity contribution in [3.63, 3.8) is 0 Å². The number of carbonyl (C=O) groups excluding carboxylic acids is 2. The Morgan fingerprint density at radius 1 is 1.05 bits per heavy atom. The molecule has 1 N–H and O–H groups in total. The minimum atomic E-state index is -0.575. The topological polar surface area (TPSA) is 64.6 Å². The maximum Gasteiger partial charge on any atom is 0.315 e. The van der Waals surface area contributed by atoms with Crippen molar-refractivity contribution in [3.8, 4) is 5.75 Å². The normalized spacial score (nSPS) is 9.86. The Hall–Kier alpha value is -2.82. The molecule has 0 aliphatic carbocycles. The van der Waals surface area contributed by atoms with Gasteiger partial charge in [-0.25, -0.2) is 0 Å². The summed E-state index contributed by atoms with van der Waals surface area (Å²) in [5.41, 5.74) is 1.63. The molecule has 0 aliphatic rings. The second-order valence-electron chi connectivity index (χ2n) is 4.60. The predicted molar refractivity (Wildman–Crippen MR) is 82.5 cm³/mol. The molecule has 0 bridgehead atoms. The number of benzene rings is 2. The molecule has 0 fully saturated rings. The zero-order chi connectivity index (χ0) is 15.8. The maximum atomic E-state index is 11.6. The van der Waals surface area contributed by atoms with Crippen molar-refractivity contribution in [1.82, 2.24) is 0 Å². The molecule has 0 unspecified atom stereocenters. The molecule has 0 radical (unpaired) electrons. The largest absolute Gasteiger partial charge is 0.489 e. The average Bonchev–Trinajstić information content (AvgIpc) is 2.54. The highest BCUT2D eigenvalue weighted by molar-refractivity contribution is 6.01. The van der Waals surface area contributed by atoms with Gasteiger partial charge in [-0.15, -0.1) is 0 Å². The summed E-state index contributed by atoms with van der Waals surface area (Å²) in [5.74, 6) is -0.360. The van der Waals surface area contributed by atoms with Crippen LogP contribution in [0, 0.1) is 0 Å². The summed E-state index contributed by atoms with van der Waals surface area (Å²) >= 11 is 0. The number of rotatable bonds is 6. The highest BCUT2D eigenvalue weighted by Crippen LogP contribution is 2.18. The second kappa shape index (κ2) is 7.83. The second-order valence-corrected chi connectivity index (χ2v) is 4.60. The highest BCUT2D eigenvalue weighted by atomic mass is 16.5. The molecule has 114 valence electrons. The minimum Gasteiger partial charge on any atom is -0.489 e. The van der Waals surface area contributed by atoms with Gasteiger partial charge < -0.3 is 14.8 Å². The number of anilines is 1. The van der Waals surface area contributed by atoms with Gasteiger partial charge in [0.2, 0.25) is 5.91 Å². The summed E-state index contributed by atoms with van der Waals surface area (Å²) < 4.78 is 10.1. The van der Waals surface area contributed by atoms with Gasteiger partial charge in [-0.1, -0.05) is 36.4 Å². The molecule has 0 spiro atoms. The first-order valence-electron chi connectivity index (χ1n) is 6.81. The molecule has 2 aromatic carbocycles. The molecule has 22 heavy (non-hydrogen) atoms. The van der Waals surface area contributed by atoms with Gasteiger partial charge >= 0.3 is 5.97 Å². The molecule has 5 heteroatoms.